The third-order valence-corrected chi connectivity index (χ3v) is 4.34. The molecule has 1 heteroatoms. The molecule has 0 N–H and O–H groups in total. The van der Waals surface area contributed by atoms with Gasteiger partial charge in [-0.1, -0.05) is 26.7 Å². The monoisotopic (exact) mass is 194 g/mol. The molecule has 0 aromatic heterocycles. The molecule has 2 unspecified atom stereocenters. The fraction of sp³-hybridized carbons (Fsp3) is 0.923. The largest absolute Gasteiger partial charge is 0.299 e. The van der Waals surface area contributed by atoms with E-state index in [4.69, 9.17) is 0 Å². The summed E-state index contributed by atoms with van der Waals surface area (Å²) in [5.41, 5.74) is 0. The number of hydrogen-bond acceptors (Lipinski definition) is 1. The van der Waals surface area contributed by atoms with Crippen molar-refractivity contribution in [1.82, 2.24) is 0 Å². The molecule has 0 heterocycles. The maximum atomic E-state index is 11.9. The zero-order valence-corrected chi connectivity index (χ0v) is 9.46. The minimum Gasteiger partial charge on any atom is -0.299 e. The second-order valence-corrected chi connectivity index (χ2v) is 5.28. The quantitative estimate of drug-likeness (QED) is 0.655. The van der Waals surface area contributed by atoms with Crippen LogP contribution >= 0.6 is 0 Å². The first-order valence-electron chi connectivity index (χ1n) is 6.27. The third-order valence-electron chi connectivity index (χ3n) is 4.34. The number of carbonyl (C=O) groups is 1. The molecule has 14 heavy (non-hydrogen) atoms. The molecular formula is C13H22O. The van der Waals surface area contributed by atoms with E-state index in [0.29, 0.717) is 17.6 Å². The van der Waals surface area contributed by atoms with Gasteiger partial charge in [-0.15, -0.1) is 0 Å². The SMILES string of the molecule is CCC(CC)CC(=O)C1CC2CC2C1. The summed E-state index contributed by atoms with van der Waals surface area (Å²) in [7, 11) is 0. The van der Waals surface area contributed by atoms with Crippen molar-refractivity contribution in [2.45, 2.75) is 52.4 Å². The molecule has 0 amide bonds. The Labute approximate surface area is 87.3 Å². The van der Waals surface area contributed by atoms with Gasteiger partial charge < -0.3 is 0 Å². The van der Waals surface area contributed by atoms with Gasteiger partial charge in [-0.05, 0) is 37.0 Å². The minimum absolute atomic E-state index is 0.458. The molecule has 0 radical (unpaired) electrons. The van der Waals surface area contributed by atoms with Crippen molar-refractivity contribution in [1.29, 1.82) is 0 Å². The number of Topliss-reactive ketones (excluding diaryl/α,β-unsaturated/α-hetero) is 1. The molecule has 0 aliphatic heterocycles. The summed E-state index contributed by atoms with van der Waals surface area (Å²) in [6.07, 6.45) is 7.07. The first kappa shape index (κ1) is 10.2. The van der Waals surface area contributed by atoms with Crippen molar-refractivity contribution >= 4 is 5.78 Å². The van der Waals surface area contributed by atoms with E-state index in [-0.39, 0.29) is 0 Å². The van der Waals surface area contributed by atoms with Gasteiger partial charge in [0.25, 0.3) is 0 Å². The van der Waals surface area contributed by atoms with Crippen molar-refractivity contribution in [2.75, 3.05) is 0 Å². The van der Waals surface area contributed by atoms with Crippen molar-refractivity contribution < 1.29 is 4.79 Å². The summed E-state index contributed by atoms with van der Waals surface area (Å²) >= 11 is 0. The van der Waals surface area contributed by atoms with Gasteiger partial charge in [0.2, 0.25) is 0 Å². The Bertz CT molecular complexity index is 207. The van der Waals surface area contributed by atoms with E-state index in [1.165, 1.54) is 32.1 Å². The van der Waals surface area contributed by atoms with Crippen molar-refractivity contribution in [2.24, 2.45) is 23.7 Å². The molecule has 0 bridgehead atoms. The van der Waals surface area contributed by atoms with Gasteiger partial charge in [-0.3, -0.25) is 4.79 Å². The Kier molecular flexibility index (Phi) is 2.94. The number of fused-ring (bicyclic) bond motifs is 1. The number of ketones is 1. The molecule has 1 nitrogen and oxygen atoms in total. The Morgan fingerprint density at radius 2 is 1.71 bits per heavy atom. The van der Waals surface area contributed by atoms with E-state index in [2.05, 4.69) is 13.8 Å². The van der Waals surface area contributed by atoms with Crippen LogP contribution in [-0.2, 0) is 4.79 Å². The van der Waals surface area contributed by atoms with Crippen molar-refractivity contribution in [3.8, 4) is 0 Å². The fourth-order valence-electron chi connectivity index (χ4n) is 3.01. The van der Waals surface area contributed by atoms with E-state index in [1.54, 1.807) is 0 Å². The lowest BCUT2D eigenvalue weighted by Crippen LogP contribution is -2.16. The molecule has 0 aromatic rings. The molecule has 2 aliphatic carbocycles. The van der Waals surface area contributed by atoms with Gasteiger partial charge in [0.1, 0.15) is 5.78 Å². The highest BCUT2D eigenvalue weighted by Crippen LogP contribution is 2.54. The zero-order valence-electron chi connectivity index (χ0n) is 9.46. The summed E-state index contributed by atoms with van der Waals surface area (Å²) in [6.45, 7) is 4.40. The lowest BCUT2D eigenvalue weighted by Gasteiger charge is -2.15. The molecule has 80 valence electrons. The Morgan fingerprint density at radius 3 is 2.21 bits per heavy atom. The fourth-order valence-corrected chi connectivity index (χ4v) is 3.01. The van der Waals surface area contributed by atoms with Crippen LogP contribution in [0.1, 0.15) is 52.4 Å². The highest BCUT2D eigenvalue weighted by molar-refractivity contribution is 5.81. The minimum atomic E-state index is 0.458. The first-order chi connectivity index (χ1) is 6.74. The average Bonchev–Trinajstić information content (AvgIpc) is 2.82. The van der Waals surface area contributed by atoms with Crippen LogP contribution in [0.5, 0.6) is 0 Å². The summed E-state index contributed by atoms with van der Waals surface area (Å²) in [4.78, 5) is 11.9. The van der Waals surface area contributed by atoms with Gasteiger partial charge in [-0.2, -0.15) is 0 Å². The smallest absolute Gasteiger partial charge is 0.136 e. The molecule has 0 aromatic carbocycles. The standard InChI is InChI=1S/C13H22O/c1-3-9(4-2)5-13(14)12-7-10-6-11(10)8-12/h9-12H,3-8H2,1-2H3. The lowest BCUT2D eigenvalue weighted by atomic mass is 9.89. The molecule has 2 rings (SSSR count). The highest BCUT2D eigenvalue weighted by atomic mass is 16.1. The van der Waals surface area contributed by atoms with Crippen molar-refractivity contribution in [3.63, 3.8) is 0 Å². The number of hydrogen-bond donors (Lipinski definition) is 0. The normalized spacial score (nSPS) is 34.6. The van der Waals surface area contributed by atoms with E-state index in [1.807, 2.05) is 0 Å². The van der Waals surface area contributed by atoms with Crippen LogP contribution in [0.15, 0.2) is 0 Å². The van der Waals surface area contributed by atoms with E-state index in [0.717, 1.165) is 18.3 Å². The van der Waals surface area contributed by atoms with E-state index >= 15 is 0 Å². The van der Waals surface area contributed by atoms with Crippen LogP contribution in [0, 0.1) is 23.7 Å². The molecule has 2 aliphatic rings. The molecule has 2 saturated carbocycles. The Morgan fingerprint density at radius 1 is 1.14 bits per heavy atom. The highest BCUT2D eigenvalue weighted by Gasteiger charge is 2.47. The van der Waals surface area contributed by atoms with Crippen LogP contribution in [-0.4, -0.2) is 5.78 Å². The summed E-state index contributed by atoms with van der Waals surface area (Å²) in [5.74, 6) is 3.58. The van der Waals surface area contributed by atoms with Gasteiger partial charge in [0.05, 0.1) is 0 Å². The summed E-state index contributed by atoms with van der Waals surface area (Å²) in [6, 6.07) is 0. The maximum absolute atomic E-state index is 11.9. The van der Waals surface area contributed by atoms with Gasteiger partial charge in [0, 0.05) is 12.3 Å². The molecule has 2 atom stereocenters. The summed E-state index contributed by atoms with van der Waals surface area (Å²) < 4.78 is 0. The van der Waals surface area contributed by atoms with E-state index < -0.39 is 0 Å². The van der Waals surface area contributed by atoms with E-state index in [9.17, 15) is 4.79 Å². The molecule has 2 fully saturated rings. The average molecular weight is 194 g/mol. The lowest BCUT2D eigenvalue weighted by molar-refractivity contribution is -0.124. The van der Waals surface area contributed by atoms with Crippen LogP contribution in [0.25, 0.3) is 0 Å². The van der Waals surface area contributed by atoms with Crippen LogP contribution < -0.4 is 0 Å². The molecule has 0 saturated heterocycles. The van der Waals surface area contributed by atoms with Crippen molar-refractivity contribution in [3.05, 3.63) is 0 Å². The van der Waals surface area contributed by atoms with Crippen LogP contribution in [0.4, 0.5) is 0 Å². The topological polar surface area (TPSA) is 17.1 Å². The zero-order chi connectivity index (χ0) is 10.1. The summed E-state index contributed by atoms with van der Waals surface area (Å²) in [5, 5.41) is 0. The predicted molar refractivity (Wildman–Crippen MR) is 58.0 cm³/mol. The third kappa shape index (κ3) is 2.02. The number of rotatable bonds is 5. The molecule has 0 spiro atoms. The van der Waals surface area contributed by atoms with Crippen LogP contribution in [0.3, 0.4) is 0 Å². The maximum Gasteiger partial charge on any atom is 0.136 e. The second kappa shape index (κ2) is 4.04. The second-order valence-electron chi connectivity index (χ2n) is 5.28. The van der Waals surface area contributed by atoms with Gasteiger partial charge in [0.15, 0.2) is 0 Å². The predicted octanol–water partition coefficient (Wildman–Crippen LogP) is 3.43. The first-order valence-corrected chi connectivity index (χ1v) is 6.27. The van der Waals surface area contributed by atoms with Gasteiger partial charge in [-0.25, -0.2) is 0 Å². The van der Waals surface area contributed by atoms with Gasteiger partial charge >= 0.3 is 0 Å². The Balaban J connectivity index is 1.77. The van der Waals surface area contributed by atoms with Crippen LogP contribution in [0.2, 0.25) is 0 Å². The molecular weight excluding hydrogens is 172 g/mol. The Hall–Kier alpha value is -0.330. The number of carbonyl (C=O) groups excluding carboxylic acids is 1.